The normalized spacial score (nSPS) is 13.6. The molecule has 9 heteroatoms. The fourth-order valence-corrected chi connectivity index (χ4v) is 5.71. The van der Waals surface area contributed by atoms with Crippen molar-refractivity contribution in [1.29, 1.82) is 0 Å². The van der Waals surface area contributed by atoms with Gasteiger partial charge in [0.2, 0.25) is 0 Å². The summed E-state index contributed by atoms with van der Waals surface area (Å²) in [5.74, 6) is -2.35. The van der Waals surface area contributed by atoms with Gasteiger partial charge in [0.15, 0.2) is 12.4 Å². The van der Waals surface area contributed by atoms with E-state index in [1.54, 1.807) is 0 Å². The molecule has 332 valence electrons. The maximum atomic E-state index is 12.7. The van der Waals surface area contributed by atoms with E-state index in [1.165, 1.54) is 57.8 Å². The summed E-state index contributed by atoms with van der Waals surface area (Å²) < 4.78 is 22.5. The van der Waals surface area contributed by atoms with Crippen molar-refractivity contribution in [3.8, 4) is 0 Å². The first-order chi connectivity index (χ1) is 28.1. The quantitative estimate of drug-likeness (QED) is 0.0198. The predicted molar refractivity (Wildman–Crippen MR) is 237 cm³/mol. The van der Waals surface area contributed by atoms with Gasteiger partial charge in [-0.3, -0.25) is 9.59 Å². The van der Waals surface area contributed by atoms with Gasteiger partial charge < -0.3 is 33.3 Å². The topological polar surface area (TPSA) is 111 Å². The molecule has 0 radical (unpaired) electrons. The molecule has 0 saturated carbocycles. The summed E-state index contributed by atoms with van der Waals surface area (Å²) in [6, 6.07) is 0. The lowest BCUT2D eigenvalue weighted by atomic mass is 10.0. The van der Waals surface area contributed by atoms with Gasteiger partial charge in [-0.15, -0.1) is 0 Å². The Morgan fingerprint density at radius 2 is 0.983 bits per heavy atom. The number of carboxylic acids is 1. The van der Waals surface area contributed by atoms with E-state index in [9.17, 15) is 19.5 Å². The van der Waals surface area contributed by atoms with Gasteiger partial charge in [0, 0.05) is 12.8 Å². The molecule has 0 fully saturated rings. The van der Waals surface area contributed by atoms with Crippen molar-refractivity contribution >= 4 is 17.9 Å². The van der Waals surface area contributed by atoms with Crippen molar-refractivity contribution < 1.29 is 42.9 Å². The number of quaternary nitrogens is 1. The van der Waals surface area contributed by atoms with Crippen molar-refractivity contribution in [3.63, 3.8) is 0 Å². The smallest absolute Gasteiger partial charge is 0.306 e. The number of aliphatic carboxylic acids is 1. The second kappa shape index (κ2) is 40.5. The molecule has 0 amide bonds. The fraction of sp³-hybridized carbons (Fsp3) is 0.694. The number of carbonyl (C=O) groups is 3. The molecule has 0 aromatic rings. The Hall–Kier alpha value is -3.27. The molecule has 0 aromatic carbocycles. The largest absolute Gasteiger partial charge is 0.545 e. The van der Waals surface area contributed by atoms with Crippen LogP contribution in [0.2, 0.25) is 0 Å². The highest BCUT2D eigenvalue weighted by atomic mass is 16.7. The van der Waals surface area contributed by atoms with Crippen LogP contribution in [-0.4, -0.2) is 82.3 Å². The Morgan fingerprint density at radius 1 is 0.534 bits per heavy atom. The van der Waals surface area contributed by atoms with Crippen molar-refractivity contribution in [3.05, 3.63) is 72.9 Å². The number of unbranched alkanes of at least 4 members (excludes halogenated alkanes) is 13. The minimum absolute atomic E-state index is 0.136. The number of rotatable bonds is 40. The highest BCUT2D eigenvalue weighted by molar-refractivity contribution is 5.70. The zero-order valence-corrected chi connectivity index (χ0v) is 37.4. The van der Waals surface area contributed by atoms with Crippen molar-refractivity contribution in [2.24, 2.45) is 0 Å². The average Bonchev–Trinajstić information content (AvgIpc) is 3.18. The predicted octanol–water partition coefficient (Wildman–Crippen LogP) is 10.6. The lowest BCUT2D eigenvalue weighted by Crippen LogP contribution is -2.44. The molecular weight excluding hydrogens is 731 g/mol. The first-order valence-corrected chi connectivity index (χ1v) is 22.6. The van der Waals surface area contributed by atoms with Crippen LogP contribution >= 0.6 is 0 Å². The zero-order valence-electron chi connectivity index (χ0n) is 37.4. The standard InChI is InChI=1S/C49H83NO8/c1-6-8-10-12-14-16-18-20-21-22-23-24-25-26-27-28-30-32-34-36-38-40-47(52)58-45(44-57-49(48(53)54)55-42-41-50(3,4)5)43-56-46(51)39-37-35-33-31-29-19-17-15-13-11-9-7-2/h8,10,14,16,20-21,23-24,26-27,30,32,45,49H,6-7,9,11-13,15,17-19,22,25,28-29,31,33-44H2,1-5H3/b10-8-,16-14-,21-20-,24-23-,27-26-,32-30-. The van der Waals surface area contributed by atoms with Gasteiger partial charge in [-0.2, -0.15) is 0 Å². The Balaban J connectivity index is 4.53. The van der Waals surface area contributed by atoms with Crippen LogP contribution in [-0.2, 0) is 33.3 Å². The molecule has 0 aliphatic heterocycles. The van der Waals surface area contributed by atoms with Crippen LogP contribution in [0.4, 0.5) is 0 Å². The lowest BCUT2D eigenvalue weighted by molar-refractivity contribution is -0.870. The van der Waals surface area contributed by atoms with Gasteiger partial charge in [-0.1, -0.05) is 157 Å². The summed E-state index contributed by atoms with van der Waals surface area (Å²) in [4.78, 5) is 36.9. The van der Waals surface area contributed by atoms with Crippen LogP contribution in [0.25, 0.3) is 0 Å². The summed E-state index contributed by atoms with van der Waals surface area (Å²) in [5, 5.41) is 11.7. The highest BCUT2D eigenvalue weighted by Crippen LogP contribution is 2.13. The average molecular weight is 814 g/mol. The maximum absolute atomic E-state index is 12.7. The Labute approximate surface area is 354 Å². The van der Waals surface area contributed by atoms with Gasteiger partial charge in [0.05, 0.1) is 40.3 Å². The molecule has 0 aliphatic carbocycles. The van der Waals surface area contributed by atoms with E-state index in [1.807, 2.05) is 21.1 Å². The summed E-state index contributed by atoms with van der Waals surface area (Å²) in [5.41, 5.74) is 0. The van der Waals surface area contributed by atoms with Crippen LogP contribution < -0.4 is 5.11 Å². The zero-order chi connectivity index (χ0) is 42.8. The van der Waals surface area contributed by atoms with E-state index < -0.39 is 24.3 Å². The first kappa shape index (κ1) is 54.7. The molecule has 0 aliphatic rings. The van der Waals surface area contributed by atoms with Gasteiger partial charge in [-0.25, -0.2) is 0 Å². The van der Waals surface area contributed by atoms with Crippen LogP contribution in [0.5, 0.6) is 0 Å². The Bertz CT molecular complexity index is 1180. The summed E-state index contributed by atoms with van der Waals surface area (Å²) in [6.07, 6.45) is 46.5. The summed E-state index contributed by atoms with van der Waals surface area (Å²) in [6.45, 7) is 4.55. The third-order valence-corrected chi connectivity index (χ3v) is 9.22. The van der Waals surface area contributed by atoms with Crippen LogP contribution in [0.15, 0.2) is 72.9 Å². The number of hydrogen-bond donors (Lipinski definition) is 0. The van der Waals surface area contributed by atoms with Gasteiger partial charge in [0.1, 0.15) is 13.2 Å². The second-order valence-corrected chi connectivity index (χ2v) is 16.0. The van der Waals surface area contributed by atoms with Crippen molar-refractivity contribution in [2.45, 2.75) is 174 Å². The number of carboxylic acid groups (broad SMARTS) is 1. The summed E-state index contributed by atoms with van der Waals surface area (Å²) >= 11 is 0. The molecule has 0 spiro atoms. The molecule has 0 heterocycles. The van der Waals surface area contributed by atoms with E-state index in [0.717, 1.165) is 70.6 Å². The molecule has 0 aromatic heterocycles. The van der Waals surface area contributed by atoms with E-state index in [-0.39, 0.29) is 38.6 Å². The van der Waals surface area contributed by atoms with Crippen molar-refractivity contribution in [1.82, 2.24) is 0 Å². The van der Waals surface area contributed by atoms with Crippen LogP contribution in [0.3, 0.4) is 0 Å². The van der Waals surface area contributed by atoms with E-state index in [4.69, 9.17) is 18.9 Å². The summed E-state index contributed by atoms with van der Waals surface area (Å²) in [7, 11) is 5.88. The second-order valence-electron chi connectivity index (χ2n) is 16.0. The van der Waals surface area contributed by atoms with E-state index in [2.05, 4.69) is 86.8 Å². The minimum atomic E-state index is -1.63. The molecule has 9 nitrogen and oxygen atoms in total. The lowest BCUT2D eigenvalue weighted by Gasteiger charge is -2.26. The number of esters is 2. The number of allylic oxidation sites excluding steroid dienone is 12. The first-order valence-electron chi connectivity index (χ1n) is 22.6. The molecule has 58 heavy (non-hydrogen) atoms. The molecule has 0 bridgehead atoms. The van der Waals surface area contributed by atoms with Crippen LogP contribution in [0.1, 0.15) is 162 Å². The minimum Gasteiger partial charge on any atom is -0.545 e. The number of carbonyl (C=O) groups excluding carboxylic acids is 3. The molecule has 0 rings (SSSR count). The maximum Gasteiger partial charge on any atom is 0.306 e. The van der Waals surface area contributed by atoms with Gasteiger partial charge in [-0.05, 0) is 64.2 Å². The number of hydrogen-bond acceptors (Lipinski definition) is 8. The molecular formula is C49H83NO8. The molecule has 2 unspecified atom stereocenters. The SMILES string of the molecule is CC/C=C\C/C=C\C/C=C\C/C=C\C/C=C\C/C=C\CCCCC(=O)OC(COC(=O)CCCCCCCCCCCCCC)COC(OCC[N+](C)(C)C)C(=O)[O-]. The van der Waals surface area contributed by atoms with Crippen LogP contribution in [0, 0.1) is 0 Å². The van der Waals surface area contributed by atoms with E-state index in [0.29, 0.717) is 17.4 Å². The number of ether oxygens (including phenoxy) is 4. The molecule has 2 atom stereocenters. The van der Waals surface area contributed by atoms with Crippen molar-refractivity contribution in [2.75, 3.05) is 47.5 Å². The number of nitrogens with zero attached hydrogens (tertiary/aromatic N) is 1. The third kappa shape index (κ3) is 40.9. The highest BCUT2D eigenvalue weighted by Gasteiger charge is 2.21. The van der Waals surface area contributed by atoms with Gasteiger partial charge >= 0.3 is 11.9 Å². The molecule has 0 saturated heterocycles. The van der Waals surface area contributed by atoms with Gasteiger partial charge in [0.25, 0.3) is 0 Å². The third-order valence-electron chi connectivity index (χ3n) is 9.22. The number of likely N-dealkylation sites (N-methyl/N-ethyl adjacent to an activating group) is 1. The van der Waals surface area contributed by atoms with E-state index >= 15 is 0 Å². The fourth-order valence-electron chi connectivity index (χ4n) is 5.71. The Kier molecular flexibility index (Phi) is 38.2. The Morgan fingerprint density at radius 3 is 1.47 bits per heavy atom. The molecule has 0 N–H and O–H groups in total. The monoisotopic (exact) mass is 814 g/mol.